The molecular weight excluding hydrogens is 326 g/mol. The number of thioether (sulfide) groups is 1. The first-order valence-corrected chi connectivity index (χ1v) is 8.37. The van der Waals surface area contributed by atoms with E-state index in [1.54, 1.807) is 6.08 Å². The number of β-lactam (4-membered cyclic amide) rings is 1. The molecule has 7 heteroatoms. The lowest BCUT2D eigenvalue weighted by Crippen LogP contribution is -2.51. The summed E-state index contributed by atoms with van der Waals surface area (Å²) >= 11 is 1.34. The molecule has 1 atom stereocenters. The summed E-state index contributed by atoms with van der Waals surface area (Å²) in [6.45, 7) is 0.782. The van der Waals surface area contributed by atoms with E-state index in [2.05, 4.69) is 15.6 Å². The van der Waals surface area contributed by atoms with Crippen LogP contribution >= 0.6 is 11.8 Å². The number of carbonyl (C=O) groups excluding carboxylic acids is 1. The second-order valence-corrected chi connectivity index (χ2v) is 6.80. The van der Waals surface area contributed by atoms with Crippen molar-refractivity contribution < 1.29 is 14.7 Å². The first-order chi connectivity index (χ1) is 11.6. The highest BCUT2D eigenvalue weighted by Gasteiger charge is 2.49. The summed E-state index contributed by atoms with van der Waals surface area (Å²) in [5.41, 5.74) is 3.73. The van der Waals surface area contributed by atoms with Crippen molar-refractivity contribution in [2.24, 2.45) is 0 Å². The quantitative estimate of drug-likeness (QED) is 0.573. The van der Waals surface area contributed by atoms with Gasteiger partial charge in [0.05, 0.1) is 11.3 Å². The molecule has 0 bridgehead atoms. The number of hydrogen-bond acceptors (Lipinski definition) is 4. The zero-order chi connectivity index (χ0) is 16.4. The zero-order valence-electron chi connectivity index (χ0n) is 12.3. The summed E-state index contributed by atoms with van der Waals surface area (Å²) in [4.78, 5) is 29.3. The summed E-state index contributed by atoms with van der Waals surface area (Å²) in [5, 5.41) is 10.4. The number of fused-ring (bicyclic) bond motifs is 4. The smallest absolute Gasteiger partial charge is 0.353 e. The van der Waals surface area contributed by atoms with Crippen LogP contribution in [-0.4, -0.2) is 36.8 Å². The maximum Gasteiger partial charge on any atom is 0.353 e. The van der Waals surface area contributed by atoms with Gasteiger partial charge in [0.1, 0.15) is 16.9 Å². The van der Waals surface area contributed by atoms with Crippen LogP contribution in [0.25, 0.3) is 17.5 Å². The minimum atomic E-state index is -1.07. The molecule has 3 aliphatic heterocycles. The maximum atomic E-state index is 12.2. The zero-order valence-corrected chi connectivity index (χ0v) is 13.2. The van der Waals surface area contributed by atoms with Crippen LogP contribution in [0.2, 0.25) is 0 Å². The number of aromatic nitrogens is 2. The topological polar surface area (TPSA) is 75.4 Å². The molecule has 6 nitrogen and oxygen atoms in total. The molecule has 0 unspecified atom stereocenters. The minimum absolute atomic E-state index is 0.0495. The molecule has 0 saturated carbocycles. The highest BCUT2D eigenvalue weighted by molar-refractivity contribution is 8.03. The monoisotopic (exact) mass is 337 g/mol. The molecule has 1 aromatic carbocycles. The van der Waals surface area contributed by atoms with Gasteiger partial charge in [-0.25, -0.2) is 9.78 Å². The Balaban J connectivity index is 1.46. The van der Waals surface area contributed by atoms with Crippen LogP contribution in [0.5, 0.6) is 0 Å². The van der Waals surface area contributed by atoms with Gasteiger partial charge in [-0.1, -0.05) is 24.3 Å². The van der Waals surface area contributed by atoms with E-state index in [0.717, 1.165) is 23.6 Å². The molecule has 4 heterocycles. The third-order valence-corrected chi connectivity index (χ3v) is 5.53. The van der Waals surface area contributed by atoms with E-state index in [0.29, 0.717) is 5.57 Å². The predicted octanol–water partition coefficient (Wildman–Crippen LogP) is 2.14. The summed E-state index contributed by atoms with van der Waals surface area (Å²) in [6.07, 6.45) is 3.70. The molecule has 0 aliphatic carbocycles. The molecule has 0 spiro atoms. The predicted molar refractivity (Wildman–Crippen MR) is 88.7 cm³/mol. The molecule has 1 N–H and O–H groups in total. The van der Waals surface area contributed by atoms with Crippen LogP contribution in [0.3, 0.4) is 0 Å². The number of carbonyl (C=O) groups is 2. The third kappa shape index (κ3) is 1.70. The normalized spacial score (nSPS) is 22.1. The Morgan fingerprint density at radius 3 is 3.04 bits per heavy atom. The van der Waals surface area contributed by atoms with E-state index in [1.165, 1.54) is 27.6 Å². The van der Waals surface area contributed by atoms with Crippen molar-refractivity contribution in [1.82, 2.24) is 14.5 Å². The number of rotatable bonds is 2. The first kappa shape index (κ1) is 13.6. The number of imidazole rings is 1. The van der Waals surface area contributed by atoms with Gasteiger partial charge in [0.2, 0.25) is 0 Å². The summed E-state index contributed by atoms with van der Waals surface area (Å²) in [7, 11) is 0. The fourth-order valence-corrected chi connectivity index (χ4v) is 4.45. The van der Waals surface area contributed by atoms with Crippen molar-refractivity contribution in [1.29, 1.82) is 0 Å². The number of amides is 1. The molecule has 5 rings (SSSR count). The Bertz CT molecular complexity index is 989. The van der Waals surface area contributed by atoms with Gasteiger partial charge >= 0.3 is 5.97 Å². The standard InChI is InChI=1S/C17H11N3O3S/c21-15-12(16-20(15)13(8-24-16)17(22)23)5-10-7-19-6-9-3-1-2-4-11(9)14(19)18-10/h1-5,7-8,16H,6H2,(H,22,23)/b12-5-/t16-/m1/s1. The Morgan fingerprint density at radius 2 is 2.21 bits per heavy atom. The van der Waals surface area contributed by atoms with Gasteiger partial charge in [0, 0.05) is 23.7 Å². The number of nitrogens with zero attached hydrogens (tertiary/aromatic N) is 3. The van der Waals surface area contributed by atoms with Crippen LogP contribution < -0.4 is 0 Å². The molecule has 118 valence electrons. The fourth-order valence-electron chi connectivity index (χ4n) is 3.33. The van der Waals surface area contributed by atoms with Crippen molar-refractivity contribution >= 4 is 29.7 Å². The Labute approximate surface area is 141 Å². The van der Waals surface area contributed by atoms with Gasteiger partial charge in [-0.15, -0.1) is 11.8 Å². The molecule has 0 radical (unpaired) electrons. The minimum Gasteiger partial charge on any atom is -0.477 e. The molecule has 1 fully saturated rings. The number of hydrogen-bond donors (Lipinski definition) is 1. The molecular formula is C17H11N3O3S. The van der Waals surface area contributed by atoms with Gasteiger partial charge < -0.3 is 9.67 Å². The van der Waals surface area contributed by atoms with Crippen LogP contribution in [-0.2, 0) is 16.1 Å². The van der Waals surface area contributed by atoms with Gasteiger partial charge in [0.25, 0.3) is 5.91 Å². The van der Waals surface area contributed by atoms with Crippen LogP contribution in [0.1, 0.15) is 11.3 Å². The highest BCUT2D eigenvalue weighted by Crippen LogP contribution is 2.45. The number of benzene rings is 1. The third-order valence-electron chi connectivity index (χ3n) is 4.45. The van der Waals surface area contributed by atoms with E-state index < -0.39 is 5.97 Å². The van der Waals surface area contributed by atoms with Gasteiger partial charge in [-0.3, -0.25) is 9.69 Å². The summed E-state index contributed by atoms with van der Waals surface area (Å²) < 4.78 is 2.07. The molecule has 1 saturated heterocycles. The van der Waals surface area contributed by atoms with Crippen molar-refractivity contribution in [3.05, 3.63) is 58.4 Å². The number of carboxylic acids is 1. The second kappa shape index (κ2) is 4.61. The Kier molecular flexibility index (Phi) is 2.62. The molecule has 24 heavy (non-hydrogen) atoms. The lowest BCUT2D eigenvalue weighted by atomic mass is 10.0. The van der Waals surface area contributed by atoms with Gasteiger partial charge in [-0.2, -0.15) is 0 Å². The van der Waals surface area contributed by atoms with Gasteiger partial charge in [0.15, 0.2) is 0 Å². The number of carboxylic acid groups (broad SMARTS) is 1. The average Bonchev–Trinajstić information content (AvgIpc) is 3.22. The Morgan fingerprint density at radius 1 is 1.38 bits per heavy atom. The van der Waals surface area contributed by atoms with Crippen molar-refractivity contribution in [2.75, 3.05) is 0 Å². The van der Waals surface area contributed by atoms with E-state index in [-0.39, 0.29) is 17.0 Å². The van der Waals surface area contributed by atoms with Crippen LogP contribution in [0.15, 0.2) is 47.1 Å². The molecule has 1 amide bonds. The largest absolute Gasteiger partial charge is 0.477 e. The summed E-state index contributed by atoms with van der Waals surface area (Å²) in [5.74, 6) is -0.424. The number of aliphatic carboxylic acids is 1. The molecule has 1 aromatic heterocycles. The first-order valence-electron chi connectivity index (χ1n) is 7.43. The second-order valence-electron chi connectivity index (χ2n) is 5.85. The van der Waals surface area contributed by atoms with Crippen molar-refractivity contribution in [2.45, 2.75) is 11.9 Å². The van der Waals surface area contributed by atoms with E-state index in [4.69, 9.17) is 5.11 Å². The van der Waals surface area contributed by atoms with Crippen LogP contribution in [0, 0.1) is 0 Å². The SMILES string of the molecule is O=C(O)C1=CS[C@@H]2/C(=C\c3cn4c(n3)-c3ccccc3C4)C(=O)N12. The lowest BCUT2D eigenvalue weighted by molar-refractivity contribution is -0.141. The van der Waals surface area contributed by atoms with Crippen molar-refractivity contribution in [3.63, 3.8) is 0 Å². The van der Waals surface area contributed by atoms with Crippen LogP contribution in [0.4, 0.5) is 0 Å². The fraction of sp³-hybridized carbons (Fsp3) is 0.118. The van der Waals surface area contributed by atoms with Crippen molar-refractivity contribution in [3.8, 4) is 11.4 Å². The Hall–Kier alpha value is -2.80. The van der Waals surface area contributed by atoms with E-state index in [1.807, 2.05) is 24.4 Å². The molecule has 3 aliphatic rings. The summed E-state index contributed by atoms with van der Waals surface area (Å²) in [6, 6.07) is 8.14. The average molecular weight is 337 g/mol. The molecule has 2 aromatic rings. The highest BCUT2D eigenvalue weighted by atomic mass is 32.2. The maximum absolute atomic E-state index is 12.2. The lowest BCUT2D eigenvalue weighted by Gasteiger charge is -2.36. The van der Waals surface area contributed by atoms with E-state index >= 15 is 0 Å². The van der Waals surface area contributed by atoms with E-state index in [9.17, 15) is 9.59 Å². The van der Waals surface area contributed by atoms with Gasteiger partial charge in [-0.05, 0) is 11.6 Å².